The van der Waals surface area contributed by atoms with Crippen LogP contribution in [0.3, 0.4) is 0 Å². The Morgan fingerprint density at radius 2 is 1.89 bits per heavy atom. The van der Waals surface area contributed by atoms with Gasteiger partial charge in [-0.2, -0.15) is 0 Å². The van der Waals surface area contributed by atoms with E-state index in [1.807, 2.05) is 45.0 Å². The van der Waals surface area contributed by atoms with Gasteiger partial charge in [0.1, 0.15) is 5.75 Å². The van der Waals surface area contributed by atoms with E-state index in [1.54, 1.807) is 18.2 Å². The zero-order valence-corrected chi connectivity index (χ0v) is 17.4. The number of carbonyl (C=O) groups excluding carboxylic acids is 1. The second-order valence-electron chi connectivity index (χ2n) is 7.36. The summed E-state index contributed by atoms with van der Waals surface area (Å²) in [5.41, 5.74) is 3.01. The molecule has 0 spiro atoms. The highest BCUT2D eigenvalue weighted by molar-refractivity contribution is 7.92. The number of ether oxygens (including phenoxy) is 1. The van der Waals surface area contributed by atoms with Crippen molar-refractivity contribution in [2.24, 2.45) is 0 Å². The predicted octanol–water partition coefficient (Wildman–Crippen LogP) is 3.29. The van der Waals surface area contributed by atoms with Crippen LogP contribution >= 0.6 is 0 Å². The zero-order chi connectivity index (χ0) is 20.5. The van der Waals surface area contributed by atoms with Gasteiger partial charge >= 0.3 is 0 Å². The average Bonchev–Trinajstić information content (AvgIpc) is 3.04. The SMILES string of the molecule is CC(C)Oc1cccc(C(C)NC(=O)c2ccc3c(c2)CCN3S(C)(=O)=O)c1. The van der Waals surface area contributed by atoms with E-state index in [4.69, 9.17) is 4.74 Å². The van der Waals surface area contributed by atoms with Gasteiger partial charge in [-0.15, -0.1) is 0 Å². The molecule has 0 aliphatic carbocycles. The van der Waals surface area contributed by atoms with E-state index in [-0.39, 0.29) is 18.1 Å². The average molecular weight is 403 g/mol. The zero-order valence-electron chi connectivity index (χ0n) is 16.6. The third kappa shape index (κ3) is 4.47. The summed E-state index contributed by atoms with van der Waals surface area (Å²) in [6.45, 7) is 6.27. The largest absolute Gasteiger partial charge is 0.491 e. The van der Waals surface area contributed by atoms with Crippen molar-refractivity contribution in [3.63, 3.8) is 0 Å². The Labute approximate surface area is 166 Å². The Morgan fingerprint density at radius 3 is 2.57 bits per heavy atom. The van der Waals surface area contributed by atoms with E-state index in [2.05, 4.69) is 5.32 Å². The van der Waals surface area contributed by atoms with Gasteiger partial charge in [-0.3, -0.25) is 9.10 Å². The first-order valence-electron chi connectivity index (χ1n) is 9.33. The van der Waals surface area contributed by atoms with Crippen molar-refractivity contribution in [1.29, 1.82) is 0 Å². The lowest BCUT2D eigenvalue weighted by Gasteiger charge is -2.18. The molecule has 3 rings (SSSR count). The number of anilines is 1. The monoisotopic (exact) mass is 402 g/mol. The molecule has 7 heteroatoms. The molecule has 0 saturated heterocycles. The number of carbonyl (C=O) groups is 1. The van der Waals surface area contributed by atoms with Crippen LogP contribution in [0.25, 0.3) is 0 Å². The van der Waals surface area contributed by atoms with Crippen LogP contribution in [-0.2, 0) is 16.4 Å². The first-order chi connectivity index (χ1) is 13.1. The molecule has 2 aromatic rings. The van der Waals surface area contributed by atoms with Gasteiger partial charge in [0, 0.05) is 12.1 Å². The highest BCUT2D eigenvalue weighted by Crippen LogP contribution is 2.31. The number of amides is 1. The van der Waals surface area contributed by atoms with Gasteiger partial charge in [0.05, 0.1) is 24.1 Å². The standard InChI is InChI=1S/C21H26N2O4S/c1-14(2)27-19-7-5-6-16(13-19)15(3)22-21(24)18-8-9-20-17(12-18)10-11-23(20)28(4,25)26/h5-9,12-15H,10-11H2,1-4H3,(H,22,24). The Hall–Kier alpha value is -2.54. The van der Waals surface area contributed by atoms with Gasteiger partial charge in [0.15, 0.2) is 0 Å². The number of rotatable bonds is 6. The van der Waals surface area contributed by atoms with Gasteiger partial charge in [0.2, 0.25) is 10.0 Å². The van der Waals surface area contributed by atoms with Crippen molar-refractivity contribution in [2.75, 3.05) is 17.1 Å². The number of nitrogens with zero attached hydrogens (tertiary/aromatic N) is 1. The molecule has 1 amide bonds. The molecule has 0 radical (unpaired) electrons. The summed E-state index contributed by atoms with van der Waals surface area (Å²) in [5.74, 6) is 0.579. The van der Waals surface area contributed by atoms with E-state index in [0.717, 1.165) is 16.9 Å². The molecule has 0 bridgehead atoms. The van der Waals surface area contributed by atoms with Crippen molar-refractivity contribution in [1.82, 2.24) is 5.32 Å². The van der Waals surface area contributed by atoms with Crippen LogP contribution in [0.2, 0.25) is 0 Å². The summed E-state index contributed by atoms with van der Waals surface area (Å²) in [5, 5.41) is 3.00. The third-order valence-electron chi connectivity index (χ3n) is 4.67. The number of sulfonamides is 1. The molecular weight excluding hydrogens is 376 g/mol. The van der Waals surface area contributed by atoms with Gasteiger partial charge in [-0.05, 0) is 68.7 Å². The van der Waals surface area contributed by atoms with Gasteiger partial charge in [-0.1, -0.05) is 12.1 Å². The minimum absolute atomic E-state index is 0.0815. The minimum atomic E-state index is -3.30. The second-order valence-corrected chi connectivity index (χ2v) is 9.27. The van der Waals surface area contributed by atoms with Crippen molar-refractivity contribution in [3.8, 4) is 5.75 Å². The molecule has 1 N–H and O–H groups in total. The van der Waals surface area contributed by atoms with Crippen molar-refractivity contribution < 1.29 is 17.9 Å². The van der Waals surface area contributed by atoms with E-state index in [9.17, 15) is 13.2 Å². The normalized spacial score (nSPS) is 14.7. The maximum absolute atomic E-state index is 12.7. The number of hydrogen-bond donors (Lipinski definition) is 1. The maximum atomic E-state index is 12.7. The van der Waals surface area contributed by atoms with Crippen LogP contribution in [0.1, 0.15) is 48.3 Å². The third-order valence-corrected chi connectivity index (χ3v) is 5.85. The second kappa shape index (κ2) is 7.83. The van der Waals surface area contributed by atoms with Crippen LogP contribution in [0.4, 0.5) is 5.69 Å². The molecule has 2 aromatic carbocycles. The topological polar surface area (TPSA) is 75.7 Å². The fourth-order valence-electron chi connectivity index (χ4n) is 3.35. The Kier molecular flexibility index (Phi) is 5.65. The number of benzene rings is 2. The molecule has 1 aliphatic rings. The van der Waals surface area contributed by atoms with Gasteiger partial charge in [-0.25, -0.2) is 8.42 Å². The summed E-state index contributed by atoms with van der Waals surface area (Å²) in [6, 6.07) is 12.6. The smallest absolute Gasteiger partial charge is 0.251 e. The minimum Gasteiger partial charge on any atom is -0.491 e. The molecule has 1 heterocycles. The fraction of sp³-hybridized carbons (Fsp3) is 0.381. The van der Waals surface area contributed by atoms with E-state index < -0.39 is 10.0 Å². The Bertz CT molecular complexity index is 986. The first-order valence-corrected chi connectivity index (χ1v) is 11.2. The molecule has 0 aromatic heterocycles. The van der Waals surface area contributed by atoms with Crippen LogP contribution in [0.15, 0.2) is 42.5 Å². The van der Waals surface area contributed by atoms with Crippen LogP contribution in [-0.4, -0.2) is 33.2 Å². The maximum Gasteiger partial charge on any atom is 0.251 e. The molecule has 28 heavy (non-hydrogen) atoms. The summed E-state index contributed by atoms with van der Waals surface area (Å²) in [7, 11) is -3.30. The Balaban J connectivity index is 1.73. The molecule has 1 atom stereocenters. The molecule has 150 valence electrons. The summed E-state index contributed by atoms with van der Waals surface area (Å²) >= 11 is 0. The van der Waals surface area contributed by atoms with Gasteiger partial charge < -0.3 is 10.1 Å². The quantitative estimate of drug-likeness (QED) is 0.805. The molecule has 0 saturated carbocycles. The number of fused-ring (bicyclic) bond motifs is 1. The molecular formula is C21H26N2O4S. The van der Waals surface area contributed by atoms with Gasteiger partial charge in [0.25, 0.3) is 5.91 Å². The highest BCUT2D eigenvalue weighted by atomic mass is 32.2. The van der Waals surface area contributed by atoms with Crippen LogP contribution in [0, 0.1) is 0 Å². The van der Waals surface area contributed by atoms with E-state index in [1.165, 1.54) is 10.6 Å². The van der Waals surface area contributed by atoms with Crippen LogP contribution < -0.4 is 14.4 Å². The number of nitrogens with one attached hydrogen (secondary N) is 1. The molecule has 0 fully saturated rings. The Morgan fingerprint density at radius 1 is 1.14 bits per heavy atom. The summed E-state index contributed by atoms with van der Waals surface area (Å²) in [4.78, 5) is 12.7. The molecule has 1 unspecified atom stereocenters. The summed E-state index contributed by atoms with van der Waals surface area (Å²) < 4.78 is 30.8. The number of hydrogen-bond acceptors (Lipinski definition) is 4. The summed E-state index contributed by atoms with van der Waals surface area (Å²) in [6.07, 6.45) is 1.88. The first kappa shape index (κ1) is 20.2. The van der Waals surface area contributed by atoms with E-state index >= 15 is 0 Å². The highest BCUT2D eigenvalue weighted by Gasteiger charge is 2.27. The van der Waals surface area contributed by atoms with Crippen molar-refractivity contribution >= 4 is 21.6 Å². The van der Waals surface area contributed by atoms with Crippen molar-refractivity contribution in [3.05, 3.63) is 59.2 Å². The molecule has 6 nitrogen and oxygen atoms in total. The van der Waals surface area contributed by atoms with E-state index in [0.29, 0.717) is 24.2 Å². The lowest BCUT2D eigenvalue weighted by molar-refractivity contribution is 0.0939. The fourth-order valence-corrected chi connectivity index (χ4v) is 4.31. The lowest BCUT2D eigenvalue weighted by atomic mass is 10.1. The predicted molar refractivity (Wildman–Crippen MR) is 110 cm³/mol. The van der Waals surface area contributed by atoms with Crippen molar-refractivity contribution in [2.45, 2.75) is 39.3 Å². The molecule has 1 aliphatic heterocycles. The van der Waals surface area contributed by atoms with Crippen LogP contribution in [0.5, 0.6) is 5.75 Å². The lowest BCUT2D eigenvalue weighted by Crippen LogP contribution is -2.28.